The van der Waals surface area contributed by atoms with Crippen LogP contribution in [0, 0.1) is 6.92 Å². The molecule has 2 rings (SSSR count). The van der Waals surface area contributed by atoms with Crippen LogP contribution in [0.1, 0.15) is 15.9 Å². The third kappa shape index (κ3) is 3.26. The van der Waals surface area contributed by atoms with E-state index in [9.17, 15) is 4.79 Å². The minimum atomic E-state index is -0.369. The van der Waals surface area contributed by atoms with Crippen molar-refractivity contribution >= 4 is 28.9 Å². The molecule has 0 fully saturated rings. The monoisotopic (exact) mass is 320 g/mol. The van der Waals surface area contributed by atoms with Crippen molar-refractivity contribution in [1.29, 1.82) is 0 Å². The van der Waals surface area contributed by atoms with Gasteiger partial charge >= 0.3 is 0 Å². The fraction of sp³-hybridized carbons (Fsp3) is 0.188. The Morgan fingerprint density at radius 3 is 2.41 bits per heavy atom. The van der Waals surface area contributed by atoms with Crippen LogP contribution < -0.4 is 20.5 Å². The van der Waals surface area contributed by atoms with Crippen molar-refractivity contribution in [3.8, 4) is 11.5 Å². The Kier molecular flexibility index (Phi) is 4.78. The fourth-order valence-electron chi connectivity index (χ4n) is 2.02. The molecule has 6 heteroatoms. The first kappa shape index (κ1) is 16.0. The second-order valence-electron chi connectivity index (χ2n) is 4.73. The molecule has 0 saturated carbocycles. The number of halogens is 1. The number of benzene rings is 2. The highest BCUT2D eigenvalue weighted by Crippen LogP contribution is 2.32. The average Bonchev–Trinajstić information content (AvgIpc) is 2.50. The number of methoxy groups -OCH3 is 2. The van der Waals surface area contributed by atoms with Crippen LogP contribution in [-0.4, -0.2) is 20.1 Å². The van der Waals surface area contributed by atoms with Gasteiger partial charge in [0.1, 0.15) is 0 Å². The second kappa shape index (κ2) is 6.58. The first-order valence-corrected chi connectivity index (χ1v) is 6.93. The molecule has 2 aromatic rings. The van der Waals surface area contributed by atoms with Gasteiger partial charge in [-0.3, -0.25) is 4.79 Å². The van der Waals surface area contributed by atoms with Gasteiger partial charge in [-0.15, -0.1) is 0 Å². The Hall–Kier alpha value is -2.40. The molecular weight excluding hydrogens is 304 g/mol. The van der Waals surface area contributed by atoms with Crippen LogP contribution in [0.5, 0.6) is 11.5 Å². The second-order valence-corrected chi connectivity index (χ2v) is 5.14. The van der Waals surface area contributed by atoms with E-state index in [1.165, 1.54) is 20.3 Å². The summed E-state index contributed by atoms with van der Waals surface area (Å²) < 4.78 is 10.3. The zero-order valence-electron chi connectivity index (χ0n) is 12.6. The topological polar surface area (TPSA) is 73.6 Å². The Bertz CT molecular complexity index is 717. The van der Waals surface area contributed by atoms with Crippen LogP contribution in [0.4, 0.5) is 11.4 Å². The highest BCUT2D eigenvalue weighted by atomic mass is 35.5. The van der Waals surface area contributed by atoms with Crippen LogP contribution in [0.15, 0.2) is 30.3 Å². The predicted molar refractivity (Wildman–Crippen MR) is 88.1 cm³/mol. The highest BCUT2D eigenvalue weighted by Gasteiger charge is 2.16. The Morgan fingerprint density at radius 1 is 1.14 bits per heavy atom. The van der Waals surface area contributed by atoms with Gasteiger partial charge in [0.25, 0.3) is 5.91 Å². The molecule has 1 amide bonds. The normalized spacial score (nSPS) is 10.2. The summed E-state index contributed by atoms with van der Waals surface area (Å²) in [5.74, 6) is 0.522. The summed E-state index contributed by atoms with van der Waals surface area (Å²) in [5, 5.41) is 3.21. The lowest BCUT2D eigenvalue weighted by Crippen LogP contribution is -2.15. The number of aryl methyl sites for hydroxylation is 1. The van der Waals surface area contributed by atoms with Crippen molar-refractivity contribution in [2.45, 2.75) is 6.92 Å². The summed E-state index contributed by atoms with van der Waals surface area (Å²) in [6.07, 6.45) is 0. The van der Waals surface area contributed by atoms with Crippen LogP contribution >= 0.6 is 11.6 Å². The molecule has 0 atom stereocenters. The summed E-state index contributed by atoms with van der Waals surface area (Å²) >= 11 is 6.08. The molecule has 0 unspecified atom stereocenters. The molecule has 0 aliphatic rings. The van der Waals surface area contributed by atoms with E-state index in [0.717, 1.165) is 5.56 Å². The molecule has 22 heavy (non-hydrogen) atoms. The lowest BCUT2D eigenvalue weighted by atomic mass is 10.1. The van der Waals surface area contributed by atoms with Crippen LogP contribution in [-0.2, 0) is 0 Å². The van der Waals surface area contributed by atoms with Crippen LogP contribution in [0.2, 0.25) is 5.02 Å². The number of anilines is 2. The maximum Gasteiger partial charge on any atom is 0.257 e. The van der Waals surface area contributed by atoms with Crippen LogP contribution in [0.3, 0.4) is 0 Å². The van der Waals surface area contributed by atoms with Crippen molar-refractivity contribution in [3.63, 3.8) is 0 Å². The number of ether oxygens (including phenoxy) is 2. The summed E-state index contributed by atoms with van der Waals surface area (Å²) in [7, 11) is 3.00. The molecule has 0 bridgehead atoms. The number of amides is 1. The largest absolute Gasteiger partial charge is 0.493 e. The summed E-state index contributed by atoms with van der Waals surface area (Å²) in [6.45, 7) is 1.91. The van der Waals surface area contributed by atoms with E-state index in [4.69, 9.17) is 26.8 Å². The number of hydrogen-bond donors (Lipinski definition) is 2. The maximum absolute atomic E-state index is 12.4. The number of hydrogen-bond acceptors (Lipinski definition) is 4. The van der Waals surface area contributed by atoms with Crippen molar-refractivity contribution in [2.75, 3.05) is 25.3 Å². The molecule has 0 saturated heterocycles. The van der Waals surface area contributed by atoms with E-state index in [1.807, 2.05) is 13.0 Å². The van der Waals surface area contributed by atoms with E-state index >= 15 is 0 Å². The van der Waals surface area contributed by atoms with Gasteiger partial charge in [-0.2, -0.15) is 0 Å². The van der Waals surface area contributed by atoms with E-state index in [2.05, 4.69) is 5.32 Å². The minimum Gasteiger partial charge on any atom is -0.493 e. The molecule has 116 valence electrons. The smallest absolute Gasteiger partial charge is 0.257 e. The average molecular weight is 321 g/mol. The molecule has 0 aromatic heterocycles. The summed E-state index contributed by atoms with van der Waals surface area (Å²) in [4.78, 5) is 12.4. The number of nitrogen functional groups attached to an aromatic ring is 1. The third-order valence-corrected chi connectivity index (χ3v) is 3.50. The number of carbonyl (C=O) groups is 1. The first-order valence-electron chi connectivity index (χ1n) is 6.55. The number of nitrogens with two attached hydrogens (primary N) is 1. The standard InChI is InChI=1S/C16H17ClN2O3/c1-9-4-5-11(17)13(6-9)19-16(20)10-7-14(21-2)15(22-3)8-12(10)18/h4-8H,18H2,1-3H3,(H,19,20). The predicted octanol–water partition coefficient (Wildman–Crippen LogP) is 3.50. The van der Waals surface area contributed by atoms with E-state index in [0.29, 0.717) is 27.9 Å². The first-order chi connectivity index (χ1) is 10.5. The number of rotatable bonds is 4. The Labute approximate surface area is 134 Å². The lowest BCUT2D eigenvalue weighted by Gasteiger charge is -2.13. The molecule has 0 aliphatic heterocycles. The zero-order chi connectivity index (χ0) is 16.3. The zero-order valence-corrected chi connectivity index (χ0v) is 13.3. The molecule has 0 radical (unpaired) electrons. The van der Waals surface area contributed by atoms with Crippen molar-refractivity contribution < 1.29 is 14.3 Å². The van der Waals surface area contributed by atoms with E-state index < -0.39 is 0 Å². The fourth-order valence-corrected chi connectivity index (χ4v) is 2.18. The Morgan fingerprint density at radius 2 is 1.77 bits per heavy atom. The SMILES string of the molecule is COc1cc(N)c(C(=O)Nc2cc(C)ccc2Cl)cc1OC. The van der Waals surface area contributed by atoms with Gasteiger partial charge in [-0.05, 0) is 30.7 Å². The maximum atomic E-state index is 12.4. The molecule has 0 heterocycles. The molecule has 3 N–H and O–H groups in total. The molecule has 0 spiro atoms. The van der Waals surface area contributed by atoms with Crippen molar-refractivity contribution in [2.24, 2.45) is 0 Å². The lowest BCUT2D eigenvalue weighted by molar-refractivity contribution is 0.102. The molecule has 0 aliphatic carbocycles. The Balaban J connectivity index is 2.35. The van der Waals surface area contributed by atoms with Gasteiger partial charge in [-0.25, -0.2) is 0 Å². The summed E-state index contributed by atoms with van der Waals surface area (Å²) in [6, 6.07) is 8.46. The molecule has 2 aromatic carbocycles. The van der Waals surface area contributed by atoms with Gasteiger partial charge in [-0.1, -0.05) is 17.7 Å². The molecule has 5 nitrogen and oxygen atoms in total. The van der Waals surface area contributed by atoms with Gasteiger partial charge in [0.05, 0.1) is 30.5 Å². The van der Waals surface area contributed by atoms with Crippen LogP contribution in [0.25, 0.3) is 0 Å². The third-order valence-electron chi connectivity index (χ3n) is 3.17. The minimum absolute atomic E-state index is 0.287. The van der Waals surface area contributed by atoms with Crippen molar-refractivity contribution in [3.05, 3.63) is 46.5 Å². The number of nitrogens with one attached hydrogen (secondary N) is 1. The van der Waals surface area contributed by atoms with Gasteiger partial charge in [0, 0.05) is 11.8 Å². The van der Waals surface area contributed by atoms with E-state index in [-0.39, 0.29) is 11.5 Å². The summed E-state index contributed by atoms with van der Waals surface area (Å²) in [5.41, 5.74) is 8.01. The van der Waals surface area contributed by atoms with E-state index in [1.54, 1.807) is 18.2 Å². The van der Waals surface area contributed by atoms with Gasteiger partial charge in [0.2, 0.25) is 0 Å². The van der Waals surface area contributed by atoms with Gasteiger partial charge < -0.3 is 20.5 Å². The highest BCUT2D eigenvalue weighted by molar-refractivity contribution is 6.34. The quantitative estimate of drug-likeness (QED) is 0.846. The molecular formula is C16H17ClN2O3. The number of carbonyl (C=O) groups excluding carboxylic acids is 1. The van der Waals surface area contributed by atoms with Crippen molar-refractivity contribution in [1.82, 2.24) is 0 Å². The van der Waals surface area contributed by atoms with Gasteiger partial charge in [0.15, 0.2) is 11.5 Å².